The number of aromatic nitrogens is 2. The lowest BCUT2D eigenvalue weighted by Crippen LogP contribution is -2.35. The van der Waals surface area contributed by atoms with Gasteiger partial charge in [0.15, 0.2) is 0 Å². The fraction of sp³-hybridized carbons (Fsp3) is 0.368. The van der Waals surface area contributed by atoms with Gasteiger partial charge in [-0.25, -0.2) is 4.79 Å². The number of nitrogens with zero attached hydrogens (tertiary/aromatic N) is 1. The molecule has 3 rings (SSSR count). The van der Waals surface area contributed by atoms with Crippen LogP contribution < -0.4 is 10.4 Å². The summed E-state index contributed by atoms with van der Waals surface area (Å²) in [6, 6.07) is 7.46. The lowest BCUT2D eigenvalue weighted by molar-refractivity contribution is -0.132. The zero-order valence-corrected chi connectivity index (χ0v) is 14.8. The summed E-state index contributed by atoms with van der Waals surface area (Å²) in [5.41, 5.74) is 0.0860. The summed E-state index contributed by atoms with van der Waals surface area (Å²) >= 11 is 0. The van der Waals surface area contributed by atoms with Crippen LogP contribution in [-0.2, 0) is 16.8 Å². The molecular weight excluding hydrogens is 334 g/mol. The number of rotatable bonds is 5. The lowest BCUT2D eigenvalue weighted by Gasteiger charge is -2.24. The number of hydrogen-bond acceptors (Lipinski definition) is 4. The third kappa shape index (κ3) is 3.31. The van der Waals surface area contributed by atoms with Crippen molar-refractivity contribution in [2.75, 3.05) is 13.2 Å². The van der Waals surface area contributed by atoms with Gasteiger partial charge in [0.1, 0.15) is 12.4 Å². The summed E-state index contributed by atoms with van der Waals surface area (Å²) in [6.45, 7) is 4.71. The number of aromatic hydroxyl groups is 1. The second-order valence-electron chi connectivity index (χ2n) is 6.45. The fourth-order valence-electron chi connectivity index (χ4n) is 3.16. The average molecular weight is 355 g/mol. The maximum Gasteiger partial charge on any atom is 0.326 e. The molecule has 1 aliphatic rings. The molecule has 2 heterocycles. The van der Waals surface area contributed by atoms with Crippen molar-refractivity contribution < 1.29 is 14.6 Å². The Bertz CT molecular complexity index is 917. The molecule has 7 nitrogen and oxygen atoms in total. The molecule has 0 bridgehead atoms. The van der Waals surface area contributed by atoms with E-state index in [-0.39, 0.29) is 18.3 Å². The predicted molar refractivity (Wildman–Crippen MR) is 95.9 cm³/mol. The Morgan fingerprint density at radius 3 is 2.62 bits per heavy atom. The first-order chi connectivity index (χ1) is 12.4. The number of ether oxygens (including phenoxy) is 1. The number of likely N-dealkylation sites (tertiary alicyclic amines) is 1. The van der Waals surface area contributed by atoms with E-state index in [2.05, 4.69) is 21.8 Å². The summed E-state index contributed by atoms with van der Waals surface area (Å²) in [4.78, 5) is 30.6. The van der Waals surface area contributed by atoms with E-state index < -0.39 is 11.1 Å². The Kier molecular flexibility index (Phi) is 4.76. The van der Waals surface area contributed by atoms with E-state index >= 15 is 0 Å². The van der Waals surface area contributed by atoms with Crippen LogP contribution in [0.5, 0.6) is 11.6 Å². The third-order valence-corrected chi connectivity index (χ3v) is 4.75. The molecule has 0 aliphatic carbocycles. The van der Waals surface area contributed by atoms with Gasteiger partial charge < -0.3 is 19.7 Å². The lowest BCUT2D eigenvalue weighted by atomic mass is 9.81. The third-order valence-electron chi connectivity index (χ3n) is 4.75. The van der Waals surface area contributed by atoms with Crippen molar-refractivity contribution in [3.8, 4) is 23.5 Å². The topological polar surface area (TPSA) is 98.4 Å². The summed E-state index contributed by atoms with van der Waals surface area (Å²) in [5.74, 6) is 6.04. The summed E-state index contributed by atoms with van der Waals surface area (Å²) in [7, 11) is 0. The molecule has 1 saturated heterocycles. The monoisotopic (exact) mass is 355 g/mol. The molecule has 1 aliphatic heterocycles. The van der Waals surface area contributed by atoms with E-state index in [0.29, 0.717) is 31.0 Å². The summed E-state index contributed by atoms with van der Waals surface area (Å²) in [5, 5.41) is 9.70. The molecule has 0 radical (unpaired) electrons. The number of carbonyl (C=O) groups is 1. The minimum atomic E-state index is -0.645. The normalized spacial score (nSPS) is 19.3. The number of H-pyrrole nitrogens is 2. The van der Waals surface area contributed by atoms with Gasteiger partial charge in [0.2, 0.25) is 11.8 Å². The van der Waals surface area contributed by atoms with Crippen molar-refractivity contribution in [2.45, 2.75) is 32.2 Å². The summed E-state index contributed by atoms with van der Waals surface area (Å²) < 4.78 is 5.51. The van der Waals surface area contributed by atoms with E-state index in [1.165, 1.54) is 0 Å². The maximum absolute atomic E-state index is 12.9. The number of amides is 1. The zero-order chi connectivity index (χ0) is 18.7. The Morgan fingerprint density at radius 1 is 1.27 bits per heavy atom. The van der Waals surface area contributed by atoms with Crippen LogP contribution in [0.3, 0.4) is 0 Å². The number of aromatic amines is 2. The van der Waals surface area contributed by atoms with Crippen molar-refractivity contribution in [3.63, 3.8) is 0 Å². The molecule has 3 N–H and O–H groups in total. The number of nitrogens with one attached hydrogen (secondary N) is 2. The van der Waals surface area contributed by atoms with Crippen LogP contribution in [0.1, 0.15) is 31.5 Å². The Labute approximate surface area is 151 Å². The molecule has 1 unspecified atom stereocenters. The highest BCUT2D eigenvalue weighted by atomic mass is 16.5. The first kappa shape index (κ1) is 17.7. The van der Waals surface area contributed by atoms with Gasteiger partial charge in [0, 0.05) is 6.54 Å². The van der Waals surface area contributed by atoms with Crippen LogP contribution in [0.25, 0.3) is 0 Å². The van der Waals surface area contributed by atoms with Gasteiger partial charge in [-0.1, -0.05) is 18.1 Å². The molecule has 136 valence electrons. The molecule has 1 atom stereocenters. The smallest absolute Gasteiger partial charge is 0.326 e. The molecule has 7 heteroatoms. The highest BCUT2D eigenvalue weighted by Crippen LogP contribution is 2.37. The second-order valence-corrected chi connectivity index (χ2v) is 6.45. The van der Waals surface area contributed by atoms with Gasteiger partial charge in [-0.15, -0.1) is 5.92 Å². The van der Waals surface area contributed by atoms with Gasteiger partial charge >= 0.3 is 5.69 Å². The van der Waals surface area contributed by atoms with Gasteiger partial charge in [-0.2, -0.15) is 0 Å². The standard InChI is InChI=1S/C19H21N3O4/c1-3-4-11-26-14-7-5-13(6-8-14)19(2)9-10-22(17(19)24)12-15-16(23)21-18(25)20-15/h5-8,23H,9-12H2,1-2H3,(H2,20,21,25). The Hall–Kier alpha value is -3.14. The average Bonchev–Trinajstić information content (AvgIpc) is 3.09. The van der Waals surface area contributed by atoms with Crippen LogP contribution >= 0.6 is 0 Å². The molecule has 1 aromatic carbocycles. The first-order valence-electron chi connectivity index (χ1n) is 8.36. The van der Waals surface area contributed by atoms with Crippen molar-refractivity contribution >= 4 is 5.91 Å². The molecule has 26 heavy (non-hydrogen) atoms. The van der Waals surface area contributed by atoms with E-state index in [1.54, 1.807) is 11.8 Å². The fourth-order valence-corrected chi connectivity index (χ4v) is 3.16. The molecule has 1 amide bonds. The van der Waals surface area contributed by atoms with E-state index in [9.17, 15) is 14.7 Å². The summed E-state index contributed by atoms with van der Waals surface area (Å²) in [6.07, 6.45) is 0.656. The molecule has 1 aromatic heterocycles. The number of hydrogen-bond donors (Lipinski definition) is 3. The first-order valence-corrected chi connectivity index (χ1v) is 8.36. The van der Waals surface area contributed by atoms with Crippen molar-refractivity contribution in [1.82, 2.24) is 14.9 Å². The molecule has 0 saturated carbocycles. The van der Waals surface area contributed by atoms with E-state index in [1.807, 2.05) is 31.2 Å². The zero-order valence-electron chi connectivity index (χ0n) is 14.8. The molecule has 0 spiro atoms. The van der Waals surface area contributed by atoms with E-state index in [4.69, 9.17) is 4.74 Å². The van der Waals surface area contributed by atoms with Crippen molar-refractivity contribution in [3.05, 3.63) is 46.0 Å². The minimum Gasteiger partial charge on any atom is -0.493 e. The molecular formula is C19H21N3O4. The second kappa shape index (κ2) is 7.00. The number of carbonyl (C=O) groups excluding carboxylic acids is 1. The van der Waals surface area contributed by atoms with Gasteiger partial charge in [-0.05, 0) is 38.0 Å². The SMILES string of the molecule is CC#CCOc1ccc(C2(C)CCN(Cc3[nH]c(=O)[nH]c3O)C2=O)cc1. The quantitative estimate of drug-likeness (QED) is 0.708. The van der Waals surface area contributed by atoms with Gasteiger partial charge in [0.25, 0.3) is 0 Å². The van der Waals surface area contributed by atoms with Crippen LogP contribution in [-0.4, -0.2) is 39.0 Å². The van der Waals surface area contributed by atoms with Gasteiger partial charge in [-0.3, -0.25) is 9.78 Å². The predicted octanol–water partition coefficient (Wildman–Crippen LogP) is 1.50. The highest BCUT2D eigenvalue weighted by Gasteiger charge is 2.44. The van der Waals surface area contributed by atoms with Crippen LogP contribution in [0.15, 0.2) is 29.1 Å². The Morgan fingerprint density at radius 2 is 2.00 bits per heavy atom. The molecule has 1 fully saturated rings. The Balaban J connectivity index is 1.73. The van der Waals surface area contributed by atoms with Crippen LogP contribution in [0.4, 0.5) is 0 Å². The van der Waals surface area contributed by atoms with Crippen molar-refractivity contribution in [2.24, 2.45) is 0 Å². The maximum atomic E-state index is 12.9. The number of imidazole rings is 1. The number of benzene rings is 1. The largest absolute Gasteiger partial charge is 0.493 e. The van der Waals surface area contributed by atoms with Crippen LogP contribution in [0, 0.1) is 11.8 Å². The molecule has 2 aromatic rings. The highest BCUT2D eigenvalue weighted by molar-refractivity contribution is 5.90. The van der Waals surface area contributed by atoms with Gasteiger partial charge in [0.05, 0.1) is 17.7 Å². The van der Waals surface area contributed by atoms with Crippen molar-refractivity contribution in [1.29, 1.82) is 0 Å². The van der Waals surface area contributed by atoms with Crippen LogP contribution in [0.2, 0.25) is 0 Å². The minimum absolute atomic E-state index is 0.0375. The van der Waals surface area contributed by atoms with E-state index in [0.717, 1.165) is 5.56 Å².